The van der Waals surface area contributed by atoms with Crippen LogP contribution in [0.5, 0.6) is 0 Å². The van der Waals surface area contributed by atoms with Crippen molar-refractivity contribution in [2.24, 2.45) is 16.7 Å². The first kappa shape index (κ1) is 17.6. The number of alkyl carbamates (subject to hydrolysis) is 1. The van der Waals surface area contributed by atoms with E-state index in [1.807, 2.05) is 20.8 Å². The van der Waals surface area contributed by atoms with Crippen LogP contribution in [0.15, 0.2) is 0 Å². The first-order chi connectivity index (χ1) is 10.9. The number of amides is 2. The quantitative estimate of drug-likeness (QED) is 0.830. The summed E-state index contributed by atoms with van der Waals surface area (Å²) in [6.07, 6.45) is 6.59. The van der Waals surface area contributed by atoms with Crippen LogP contribution in [0.25, 0.3) is 0 Å². The van der Waals surface area contributed by atoms with Crippen molar-refractivity contribution in [2.45, 2.75) is 84.3 Å². The Morgan fingerprint density at radius 2 is 1.62 bits per heavy atom. The Morgan fingerprint density at radius 3 is 2.12 bits per heavy atom. The lowest BCUT2D eigenvalue weighted by Gasteiger charge is -2.65. The van der Waals surface area contributed by atoms with Crippen molar-refractivity contribution in [3.05, 3.63) is 0 Å². The van der Waals surface area contributed by atoms with Gasteiger partial charge in [-0.3, -0.25) is 4.79 Å². The summed E-state index contributed by atoms with van der Waals surface area (Å²) < 4.78 is 5.18. The predicted octanol–water partition coefficient (Wildman–Crippen LogP) is 3.38. The average Bonchev–Trinajstić information content (AvgIpc) is 2.28. The molecule has 2 unspecified atom stereocenters. The van der Waals surface area contributed by atoms with Gasteiger partial charge in [0, 0.05) is 5.54 Å². The van der Waals surface area contributed by atoms with E-state index in [4.69, 9.17) is 4.74 Å². The van der Waals surface area contributed by atoms with Gasteiger partial charge in [-0.05, 0) is 76.0 Å². The van der Waals surface area contributed by atoms with Gasteiger partial charge in [0.25, 0.3) is 0 Å². The Balaban J connectivity index is 1.58. The molecular weight excluding hydrogens is 304 g/mol. The standard InChI is InChI=1S/C19H32N2O3/c1-16(2,3)24-15(23)20-9-14(22)21-19-8-13-6-17(4,11-19)10-18(5,7-13)12-19/h13H,6-12H2,1-5H3,(H,20,23)(H,21,22). The van der Waals surface area contributed by atoms with Crippen LogP contribution in [-0.4, -0.2) is 29.7 Å². The van der Waals surface area contributed by atoms with Gasteiger partial charge in [-0.2, -0.15) is 0 Å². The zero-order chi connectivity index (χ0) is 17.8. The number of carbonyl (C=O) groups is 2. The van der Waals surface area contributed by atoms with E-state index in [0.717, 1.165) is 25.2 Å². The third-order valence-electron chi connectivity index (χ3n) is 5.82. The lowest BCUT2D eigenvalue weighted by Crippen LogP contribution is -2.65. The number of nitrogens with one attached hydrogen (secondary N) is 2. The third-order valence-corrected chi connectivity index (χ3v) is 5.82. The molecule has 0 radical (unpaired) electrons. The van der Waals surface area contributed by atoms with Crippen molar-refractivity contribution in [1.82, 2.24) is 10.6 Å². The van der Waals surface area contributed by atoms with Crippen molar-refractivity contribution in [3.8, 4) is 0 Å². The molecule has 5 nitrogen and oxygen atoms in total. The molecule has 5 heteroatoms. The van der Waals surface area contributed by atoms with E-state index in [0.29, 0.717) is 10.8 Å². The monoisotopic (exact) mass is 336 g/mol. The van der Waals surface area contributed by atoms with Gasteiger partial charge in [0.15, 0.2) is 0 Å². The number of hydrogen-bond donors (Lipinski definition) is 2. The van der Waals surface area contributed by atoms with Crippen LogP contribution in [0.3, 0.4) is 0 Å². The molecule has 0 saturated heterocycles. The van der Waals surface area contributed by atoms with E-state index in [1.54, 1.807) is 0 Å². The van der Waals surface area contributed by atoms with E-state index >= 15 is 0 Å². The molecule has 2 atom stereocenters. The van der Waals surface area contributed by atoms with E-state index in [9.17, 15) is 9.59 Å². The first-order valence-corrected chi connectivity index (χ1v) is 9.18. The smallest absolute Gasteiger partial charge is 0.408 e. The molecule has 4 rings (SSSR count). The van der Waals surface area contributed by atoms with Gasteiger partial charge in [-0.1, -0.05) is 13.8 Å². The van der Waals surface area contributed by atoms with Crippen LogP contribution < -0.4 is 10.6 Å². The average molecular weight is 336 g/mol. The number of carbonyl (C=O) groups excluding carboxylic acids is 2. The Morgan fingerprint density at radius 1 is 1.04 bits per heavy atom. The predicted molar refractivity (Wildman–Crippen MR) is 92.5 cm³/mol. The Bertz CT molecular complexity index is 533. The molecule has 2 amide bonds. The van der Waals surface area contributed by atoms with Crippen molar-refractivity contribution in [1.29, 1.82) is 0 Å². The molecule has 0 spiro atoms. The highest BCUT2D eigenvalue weighted by atomic mass is 16.6. The minimum absolute atomic E-state index is 0.0191. The second kappa shape index (κ2) is 5.37. The molecule has 0 aliphatic heterocycles. The van der Waals surface area contributed by atoms with Crippen LogP contribution in [-0.2, 0) is 9.53 Å². The Hall–Kier alpha value is -1.26. The summed E-state index contributed by atoms with van der Waals surface area (Å²) in [6.45, 7) is 10.2. The molecule has 0 aromatic heterocycles. The van der Waals surface area contributed by atoms with Gasteiger partial charge in [0.1, 0.15) is 12.1 Å². The Kier molecular flexibility index (Phi) is 3.93. The van der Waals surface area contributed by atoms with Crippen molar-refractivity contribution in [3.63, 3.8) is 0 Å². The second-order valence-corrected chi connectivity index (χ2v) is 10.3. The van der Waals surface area contributed by atoms with E-state index in [1.165, 1.54) is 19.3 Å². The molecule has 136 valence electrons. The highest BCUT2D eigenvalue weighted by Crippen LogP contribution is 2.66. The summed E-state index contributed by atoms with van der Waals surface area (Å²) in [5.41, 5.74) is 0.0966. The van der Waals surface area contributed by atoms with Gasteiger partial charge >= 0.3 is 6.09 Å². The van der Waals surface area contributed by atoms with Gasteiger partial charge in [0.2, 0.25) is 5.91 Å². The molecule has 4 aliphatic carbocycles. The molecule has 4 saturated carbocycles. The fourth-order valence-electron chi connectivity index (χ4n) is 6.39. The molecule has 0 aromatic carbocycles. The molecule has 4 bridgehead atoms. The third kappa shape index (κ3) is 3.70. The first-order valence-electron chi connectivity index (χ1n) is 9.18. The van der Waals surface area contributed by atoms with Gasteiger partial charge in [-0.25, -0.2) is 4.79 Å². The largest absolute Gasteiger partial charge is 0.444 e. The Labute approximate surface area is 145 Å². The number of rotatable bonds is 3. The minimum Gasteiger partial charge on any atom is -0.444 e. The SMILES string of the molecule is CC12CC3CC(C)(C1)CC(NC(=O)CNC(=O)OC(C)(C)C)(C3)C2. The van der Waals surface area contributed by atoms with Crippen molar-refractivity contribution >= 4 is 12.0 Å². The maximum absolute atomic E-state index is 12.4. The van der Waals surface area contributed by atoms with Gasteiger partial charge < -0.3 is 15.4 Å². The summed E-state index contributed by atoms with van der Waals surface area (Å²) in [4.78, 5) is 24.1. The van der Waals surface area contributed by atoms with E-state index in [-0.39, 0.29) is 18.0 Å². The molecular formula is C19H32N2O3. The topological polar surface area (TPSA) is 67.4 Å². The molecule has 0 aromatic rings. The lowest BCUT2D eigenvalue weighted by atomic mass is 9.43. The molecule has 4 aliphatic rings. The maximum Gasteiger partial charge on any atom is 0.408 e. The van der Waals surface area contributed by atoms with Crippen LogP contribution >= 0.6 is 0 Å². The number of ether oxygens (including phenoxy) is 1. The van der Waals surface area contributed by atoms with Crippen LogP contribution in [0.1, 0.15) is 73.1 Å². The summed E-state index contributed by atoms with van der Waals surface area (Å²) in [7, 11) is 0. The summed E-state index contributed by atoms with van der Waals surface area (Å²) in [5.74, 6) is 0.630. The summed E-state index contributed by atoms with van der Waals surface area (Å²) in [5, 5.41) is 5.85. The zero-order valence-electron chi connectivity index (χ0n) is 15.8. The van der Waals surface area contributed by atoms with E-state index < -0.39 is 11.7 Å². The van der Waals surface area contributed by atoms with Crippen LogP contribution in [0, 0.1) is 16.7 Å². The highest BCUT2D eigenvalue weighted by molar-refractivity contribution is 5.82. The normalized spacial score (nSPS) is 40.3. The van der Waals surface area contributed by atoms with Gasteiger partial charge in [0.05, 0.1) is 0 Å². The summed E-state index contributed by atoms with van der Waals surface area (Å²) >= 11 is 0. The van der Waals surface area contributed by atoms with Gasteiger partial charge in [-0.15, -0.1) is 0 Å². The van der Waals surface area contributed by atoms with E-state index in [2.05, 4.69) is 24.5 Å². The maximum atomic E-state index is 12.4. The second-order valence-electron chi connectivity index (χ2n) is 10.3. The van der Waals surface area contributed by atoms with Crippen molar-refractivity contribution in [2.75, 3.05) is 6.54 Å². The zero-order valence-corrected chi connectivity index (χ0v) is 15.8. The molecule has 0 heterocycles. The molecule has 24 heavy (non-hydrogen) atoms. The fourth-order valence-corrected chi connectivity index (χ4v) is 6.39. The number of hydrogen-bond acceptors (Lipinski definition) is 3. The van der Waals surface area contributed by atoms with Crippen LogP contribution in [0.4, 0.5) is 4.79 Å². The van der Waals surface area contributed by atoms with Crippen LogP contribution in [0.2, 0.25) is 0 Å². The molecule has 2 N–H and O–H groups in total. The summed E-state index contributed by atoms with van der Waals surface area (Å²) in [6, 6.07) is 0. The van der Waals surface area contributed by atoms with Crippen molar-refractivity contribution < 1.29 is 14.3 Å². The fraction of sp³-hybridized carbons (Fsp3) is 0.895. The lowest BCUT2D eigenvalue weighted by molar-refractivity contribution is -0.139. The molecule has 4 fully saturated rings. The minimum atomic E-state index is -0.552. The highest BCUT2D eigenvalue weighted by Gasteiger charge is 2.60.